The van der Waals surface area contributed by atoms with Crippen LogP contribution in [-0.4, -0.2) is 20.2 Å². The van der Waals surface area contributed by atoms with Crippen molar-refractivity contribution >= 4 is 17.5 Å². The first-order valence-corrected chi connectivity index (χ1v) is 8.19. The van der Waals surface area contributed by atoms with Crippen molar-refractivity contribution in [2.75, 3.05) is 5.32 Å². The van der Waals surface area contributed by atoms with E-state index in [1.807, 2.05) is 31.2 Å². The van der Waals surface area contributed by atoms with Gasteiger partial charge >= 0.3 is 0 Å². The quantitative estimate of drug-likeness (QED) is 0.695. The lowest BCUT2D eigenvalue weighted by Crippen LogP contribution is -2.08. The van der Waals surface area contributed by atoms with Crippen molar-refractivity contribution in [1.82, 2.24) is 20.2 Å². The molecule has 0 unspecified atom stereocenters. The maximum absolute atomic E-state index is 13.1. The summed E-state index contributed by atoms with van der Waals surface area (Å²) < 4.78 is 20.5. The average molecular weight is 362 g/mol. The zero-order valence-corrected chi connectivity index (χ0v) is 14.4. The lowest BCUT2D eigenvalue weighted by atomic mass is 10.2. The first-order valence-electron chi connectivity index (χ1n) is 7.81. The van der Waals surface area contributed by atoms with Crippen molar-refractivity contribution in [3.63, 3.8) is 0 Å². The number of hydrogen-bond acceptors (Lipinski definition) is 5. The van der Waals surface area contributed by atoms with Crippen molar-refractivity contribution in [3.05, 3.63) is 64.4 Å². The molecule has 3 aromatic rings. The van der Waals surface area contributed by atoms with Gasteiger partial charge in [-0.2, -0.15) is 0 Å². The number of hydrogen-bond donors (Lipinski definition) is 1. The standard InChI is InChI=1S/C17H17ClFN5O/c1-2-24-17(21-22-23-24)20-10-12-4-3-5-15(8-12)25-11-13-6-7-14(19)9-16(13)18/h3-9H,2,10-11H2,1H3,(H,20,21,23). The van der Waals surface area contributed by atoms with Gasteiger partial charge < -0.3 is 10.1 Å². The highest BCUT2D eigenvalue weighted by atomic mass is 35.5. The number of tetrazole rings is 1. The predicted octanol–water partition coefficient (Wildman–Crippen LogP) is 3.68. The molecule has 0 amide bonds. The summed E-state index contributed by atoms with van der Waals surface area (Å²) in [6.07, 6.45) is 0. The number of rotatable bonds is 7. The van der Waals surface area contributed by atoms with Crippen LogP contribution in [0.3, 0.4) is 0 Å². The van der Waals surface area contributed by atoms with Crippen LogP contribution in [0.4, 0.5) is 10.3 Å². The molecule has 1 aromatic heterocycles. The molecule has 25 heavy (non-hydrogen) atoms. The molecule has 0 aliphatic heterocycles. The molecule has 0 atom stereocenters. The summed E-state index contributed by atoms with van der Waals surface area (Å²) in [7, 11) is 0. The largest absolute Gasteiger partial charge is 0.489 e. The van der Waals surface area contributed by atoms with Gasteiger partial charge in [-0.3, -0.25) is 0 Å². The number of aryl methyl sites for hydroxylation is 1. The van der Waals surface area contributed by atoms with Gasteiger partial charge in [-0.15, -0.1) is 0 Å². The van der Waals surface area contributed by atoms with E-state index in [0.717, 1.165) is 11.1 Å². The molecule has 0 bridgehead atoms. The molecule has 0 saturated heterocycles. The van der Waals surface area contributed by atoms with Gasteiger partial charge in [0, 0.05) is 18.7 Å². The molecule has 3 rings (SSSR count). The molecule has 130 valence electrons. The van der Waals surface area contributed by atoms with E-state index in [9.17, 15) is 4.39 Å². The Labute approximate surface area is 149 Å². The molecule has 0 aliphatic carbocycles. The number of aromatic nitrogens is 4. The molecule has 2 aromatic carbocycles. The van der Waals surface area contributed by atoms with Crippen LogP contribution >= 0.6 is 11.6 Å². The summed E-state index contributed by atoms with van der Waals surface area (Å²) >= 11 is 6.01. The topological polar surface area (TPSA) is 64.9 Å². The Balaban J connectivity index is 1.61. The summed E-state index contributed by atoms with van der Waals surface area (Å²) in [5.41, 5.74) is 1.75. The number of anilines is 1. The number of benzene rings is 2. The minimum atomic E-state index is -0.365. The number of ether oxygens (including phenoxy) is 1. The molecule has 1 heterocycles. The molecule has 1 N–H and O–H groups in total. The SMILES string of the molecule is CCn1nnnc1NCc1cccc(OCc2ccc(F)cc2Cl)c1. The number of nitrogens with zero attached hydrogens (tertiary/aromatic N) is 4. The summed E-state index contributed by atoms with van der Waals surface area (Å²) in [4.78, 5) is 0. The first kappa shape index (κ1) is 17.2. The molecule has 0 radical (unpaired) electrons. The Morgan fingerprint density at radius 3 is 2.92 bits per heavy atom. The highest BCUT2D eigenvalue weighted by Crippen LogP contribution is 2.21. The molecule has 0 fully saturated rings. The third-order valence-corrected chi connectivity index (χ3v) is 3.94. The molecule has 8 heteroatoms. The van der Waals surface area contributed by atoms with E-state index < -0.39 is 0 Å². The fourth-order valence-electron chi connectivity index (χ4n) is 2.27. The fourth-order valence-corrected chi connectivity index (χ4v) is 2.49. The summed E-state index contributed by atoms with van der Waals surface area (Å²) in [5.74, 6) is 0.956. The van der Waals surface area contributed by atoms with Crippen molar-refractivity contribution in [1.29, 1.82) is 0 Å². The summed E-state index contributed by atoms with van der Waals surface area (Å²) in [5, 5.41) is 15.0. The van der Waals surface area contributed by atoms with E-state index in [4.69, 9.17) is 16.3 Å². The second-order valence-electron chi connectivity index (χ2n) is 5.34. The monoisotopic (exact) mass is 361 g/mol. The Bertz CT molecular complexity index is 855. The fraction of sp³-hybridized carbons (Fsp3) is 0.235. The average Bonchev–Trinajstić information content (AvgIpc) is 3.07. The number of halogens is 2. The smallest absolute Gasteiger partial charge is 0.243 e. The van der Waals surface area contributed by atoms with Gasteiger partial charge in [0.25, 0.3) is 0 Å². The Kier molecular flexibility index (Phi) is 5.45. The van der Waals surface area contributed by atoms with Crippen molar-refractivity contribution < 1.29 is 9.13 Å². The molecule has 6 nitrogen and oxygen atoms in total. The molecule has 0 saturated carbocycles. The number of nitrogens with one attached hydrogen (secondary N) is 1. The van der Waals surface area contributed by atoms with E-state index in [-0.39, 0.29) is 12.4 Å². The molecular formula is C17H17ClFN5O. The van der Waals surface area contributed by atoms with Crippen molar-refractivity contribution in [2.24, 2.45) is 0 Å². The van der Waals surface area contributed by atoms with Crippen LogP contribution in [0.25, 0.3) is 0 Å². The lowest BCUT2D eigenvalue weighted by molar-refractivity contribution is 0.306. The molecule has 0 aliphatic rings. The Morgan fingerprint density at radius 2 is 2.12 bits per heavy atom. The second kappa shape index (κ2) is 7.94. The normalized spacial score (nSPS) is 10.7. The van der Waals surface area contributed by atoms with Crippen LogP contribution in [0.5, 0.6) is 5.75 Å². The van der Waals surface area contributed by atoms with Gasteiger partial charge in [0.05, 0.1) is 5.02 Å². The summed E-state index contributed by atoms with van der Waals surface area (Å²) in [6.45, 7) is 3.49. The van der Waals surface area contributed by atoms with Crippen molar-refractivity contribution in [3.8, 4) is 5.75 Å². The van der Waals surface area contributed by atoms with Gasteiger partial charge in [-0.05, 0) is 47.2 Å². The third kappa shape index (κ3) is 4.45. The van der Waals surface area contributed by atoms with E-state index >= 15 is 0 Å². The van der Waals surface area contributed by atoms with Crippen LogP contribution < -0.4 is 10.1 Å². The van der Waals surface area contributed by atoms with E-state index in [2.05, 4.69) is 20.8 Å². The van der Waals surface area contributed by atoms with Crippen LogP contribution in [-0.2, 0) is 19.7 Å². The zero-order valence-electron chi connectivity index (χ0n) is 13.6. The van der Waals surface area contributed by atoms with Crippen LogP contribution in [0, 0.1) is 5.82 Å². The van der Waals surface area contributed by atoms with Gasteiger partial charge in [0.15, 0.2) is 0 Å². The predicted molar refractivity (Wildman–Crippen MR) is 93.0 cm³/mol. The maximum atomic E-state index is 13.1. The van der Waals surface area contributed by atoms with Gasteiger partial charge in [-0.25, -0.2) is 9.07 Å². The van der Waals surface area contributed by atoms with E-state index in [1.54, 1.807) is 10.7 Å². The highest BCUT2D eigenvalue weighted by Gasteiger charge is 2.06. The van der Waals surface area contributed by atoms with Crippen LogP contribution in [0.15, 0.2) is 42.5 Å². The zero-order chi connectivity index (χ0) is 17.6. The molecule has 0 spiro atoms. The minimum absolute atomic E-state index is 0.268. The van der Waals surface area contributed by atoms with Crippen LogP contribution in [0.2, 0.25) is 5.02 Å². The Hall–Kier alpha value is -2.67. The van der Waals surface area contributed by atoms with Gasteiger partial charge in [-0.1, -0.05) is 34.9 Å². The maximum Gasteiger partial charge on any atom is 0.243 e. The van der Waals surface area contributed by atoms with E-state index in [0.29, 0.717) is 29.8 Å². The van der Waals surface area contributed by atoms with Gasteiger partial charge in [0.2, 0.25) is 5.95 Å². The highest BCUT2D eigenvalue weighted by molar-refractivity contribution is 6.31. The third-order valence-electron chi connectivity index (χ3n) is 3.59. The van der Waals surface area contributed by atoms with Crippen LogP contribution in [0.1, 0.15) is 18.1 Å². The second-order valence-corrected chi connectivity index (χ2v) is 5.75. The molecular weight excluding hydrogens is 345 g/mol. The Morgan fingerprint density at radius 1 is 1.24 bits per heavy atom. The lowest BCUT2D eigenvalue weighted by Gasteiger charge is -2.10. The van der Waals surface area contributed by atoms with E-state index in [1.165, 1.54) is 12.1 Å². The van der Waals surface area contributed by atoms with Gasteiger partial charge in [0.1, 0.15) is 18.2 Å². The summed E-state index contributed by atoms with van der Waals surface area (Å²) in [6, 6.07) is 11.9. The minimum Gasteiger partial charge on any atom is -0.489 e. The van der Waals surface area contributed by atoms with Crippen molar-refractivity contribution in [2.45, 2.75) is 26.6 Å². The first-order chi connectivity index (χ1) is 12.2.